The maximum absolute atomic E-state index is 13.4. The smallest absolute Gasteiger partial charge is 0.274 e. The molecule has 3 heterocycles. The molecule has 1 amide bonds. The molecule has 0 bridgehead atoms. The summed E-state index contributed by atoms with van der Waals surface area (Å²) in [7, 11) is 1.69. The van der Waals surface area contributed by atoms with Gasteiger partial charge in [-0.2, -0.15) is 0 Å². The van der Waals surface area contributed by atoms with E-state index in [1.807, 2.05) is 56.3 Å². The van der Waals surface area contributed by atoms with Gasteiger partial charge in [0, 0.05) is 36.1 Å². The fourth-order valence-electron chi connectivity index (χ4n) is 4.89. The molecule has 7 heteroatoms. The van der Waals surface area contributed by atoms with Gasteiger partial charge in [0.15, 0.2) is 0 Å². The van der Waals surface area contributed by atoms with Crippen molar-refractivity contribution in [2.24, 2.45) is 7.05 Å². The van der Waals surface area contributed by atoms with Crippen LogP contribution in [0, 0.1) is 0 Å². The minimum Gasteiger partial charge on any atom is -0.392 e. The SMILES string of the molecule is CC.CCCCc1ccc2c(c1)CN(c1cccc(-c3cc(Nc4ccccn4)c(=O)n(C)c3)c1CO)C2=O. The first-order valence-electron chi connectivity index (χ1n) is 13.6. The zero-order chi connectivity index (χ0) is 27.9. The second-order valence-corrected chi connectivity index (χ2v) is 9.35. The average Bonchev–Trinajstić information content (AvgIpc) is 3.30. The van der Waals surface area contributed by atoms with Gasteiger partial charge in [0.1, 0.15) is 11.5 Å². The fourth-order valence-corrected chi connectivity index (χ4v) is 4.89. The first kappa shape index (κ1) is 27.8. The van der Waals surface area contributed by atoms with E-state index in [-0.39, 0.29) is 18.1 Å². The molecule has 0 saturated heterocycles. The van der Waals surface area contributed by atoms with Gasteiger partial charge in [-0.25, -0.2) is 4.98 Å². The van der Waals surface area contributed by atoms with E-state index in [1.165, 1.54) is 10.1 Å². The number of aliphatic hydroxyl groups is 1. The van der Waals surface area contributed by atoms with E-state index in [9.17, 15) is 14.7 Å². The second kappa shape index (κ2) is 12.5. The Bertz CT molecular complexity index is 1510. The standard InChI is InChI=1S/C30H30N4O3.C2H6/c1-3-4-8-20-12-13-24-21(15-20)18-34(29(24)36)27-10-7-9-23(25(27)19-35)22-16-26(30(37)33(2)17-22)32-28-11-5-6-14-31-28;1-2/h5-7,9-17,35H,3-4,8,18-19H2,1-2H3,(H,31,32);1-2H3. The lowest BCUT2D eigenvalue weighted by Crippen LogP contribution is -2.24. The van der Waals surface area contributed by atoms with Crippen LogP contribution in [0.25, 0.3) is 11.1 Å². The fraction of sp³-hybridized carbons (Fsp3) is 0.281. The predicted molar refractivity (Wildman–Crippen MR) is 157 cm³/mol. The Morgan fingerprint density at radius 2 is 1.82 bits per heavy atom. The minimum absolute atomic E-state index is 0.0677. The molecule has 202 valence electrons. The number of carbonyl (C=O) groups excluding carboxylic acids is 1. The zero-order valence-electron chi connectivity index (χ0n) is 23.1. The van der Waals surface area contributed by atoms with Crippen LogP contribution in [0.4, 0.5) is 17.2 Å². The molecular formula is C32H36N4O3. The highest BCUT2D eigenvalue weighted by atomic mass is 16.3. The van der Waals surface area contributed by atoms with Crippen LogP contribution >= 0.6 is 0 Å². The number of pyridine rings is 2. The number of amides is 1. The van der Waals surface area contributed by atoms with Crippen molar-refractivity contribution >= 4 is 23.1 Å². The van der Waals surface area contributed by atoms with E-state index in [0.717, 1.165) is 36.0 Å². The van der Waals surface area contributed by atoms with Gasteiger partial charge >= 0.3 is 0 Å². The van der Waals surface area contributed by atoms with E-state index < -0.39 is 0 Å². The number of fused-ring (bicyclic) bond motifs is 1. The Labute approximate surface area is 229 Å². The number of nitrogens with zero attached hydrogens (tertiary/aromatic N) is 3. The van der Waals surface area contributed by atoms with Crippen LogP contribution in [0.2, 0.25) is 0 Å². The molecule has 0 atom stereocenters. The van der Waals surface area contributed by atoms with Crippen molar-refractivity contribution in [3.63, 3.8) is 0 Å². The predicted octanol–water partition coefficient (Wildman–Crippen LogP) is 6.21. The van der Waals surface area contributed by atoms with Crippen LogP contribution in [0.15, 0.2) is 77.9 Å². The quantitative estimate of drug-likeness (QED) is 0.286. The van der Waals surface area contributed by atoms with Gasteiger partial charge in [-0.15, -0.1) is 0 Å². The van der Waals surface area contributed by atoms with Crippen molar-refractivity contribution in [1.82, 2.24) is 9.55 Å². The van der Waals surface area contributed by atoms with Gasteiger partial charge in [-0.05, 0) is 59.9 Å². The van der Waals surface area contributed by atoms with Crippen molar-refractivity contribution in [2.45, 2.75) is 53.2 Å². The zero-order valence-corrected chi connectivity index (χ0v) is 23.1. The first-order valence-corrected chi connectivity index (χ1v) is 13.6. The number of nitrogens with one attached hydrogen (secondary N) is 1. The Hall–Kier alpha value is -4.23. The molecule has 2 N–H and O–H groups in total. The molecule has 2 aromatic carbocycles. The van der Waals surface area contributed by atoms with Crippen LogP contribution in [-0.4, -0.2) is 20.6 Å². The lowest BCUT2D eigenvalue weighted by molar-refractivity contribution is 0.0996. The van der Waals surface area contributed by atoms with Crippen molar-refractivity contribution in [3.05, 3.63) is 106 Å². The highest BCUT2D eigenvalue weighted by Crippen LogP contribution is 2.36. The summed E-state index contributed by atoms with van der Waals surface area (Å²) in [6.45, 7) is 6.38. The van der Waals surface area contributed by atoms with Crippen LogP contribution in [0.3, 0.4) is 0 Å². The summed E-state index contributed by atoms with van der Waals surface area (Å²) in [5.41, 5.74) is 5.95. The van der Waals surface area contributed by atoms with Gasteiger partial charge in [0.2, 0.25) is 0 Å². The molecular weight excluding hydrogens is 488 g/mol. The molecule has 1 aliphatic rings. The lowest BCUT2D eigenvalue weighted by Gasteiger charge is -2.22. The Kier molecular flexibility index (Phi) is 8.94. The lowest BCUT2D eigenvalue weighted by atomic mass is 9.98. The molecule has 0 fully saturated rings. The second-order valence-electron chi connectivity index (χ2n) is 9.35. The topological polar surface area (TPSA) is 87.5 Å². The minimum atomic E-state index is -0.251. The molecule has 0 saturated carbocycles. The Balaban J connectivity index is 0.00000172. The van der Waals surface area contributed by atoms with E-state index in [4.69, 9.17) is 0 Å². The van der Waals surface area contributed by atoms with E-state index in [0.29, 0.717) is 34.9 Å². The van der Waals surface area contributed by atoms with Gasteiger partial charge in [-0.1, -0.05) is 57.5 Å². The van der Waals surface area contributed by atoms with E-state index in [1.54, 1.807) is 36.5 Å². The Morgan fingerprint density at radius 3 is 2.54 bits per heavy atom. The maximum atomic E-state index is 13.4. The first-order chi connectivity index (χ1) is 19.0. The molecule has 0 spiro atoms. The van der Waals surface area contributed by atoms with Gasteiger partial charge < -0.3 is 19.9 Å². The van der Waals surface area contributed by atoms with Crippen molar-refractivity contribution in [3.8, 4) is 11.1 Å². The maximum Gasteiger partial charge on any atom is 0.274 e. The molecule has 1 aliphatic heterocycles. The number of rotatable bonds is 8. The van der Waals surface area contributed by atoms with Crippen molar-refractivity contribution < 1.29 is 9.90 Å². The van der Waals surface area contributed by atoms with Gasteiger partial charge in [-0.3, -0.25) is 9.59 Å². The highest BCUT2D eigenvalue weighted by Gasteiger charge is 2.30. The summed E-state index contributed by atoms with van der Waals surface area (Å²) in [6.07, 6.45) is 6.63. The number of hydrogen-bond acceptors (Lipinski definition) is 5. The molecule has 5 rings (SSSR count). The van der Waals surface area contributed by atoms with Crippen LogP contribution < -0.4 is 15.8 Å². The van der Waals surface area contributed by atoms with E-state index in [2.05, 4.69) is 23.3 Å². The average molecular weight is 525 g/mol. The summed E-state index contributed by atoms with van der Waals surface area (Å²) in [4.78, 5) is 32.2. The van der Waals surface area contributed by atoms with Crippen LogP contribution in [-0.2, 0) is 26.6 Å². The van der Waals surface area contributed by atoms with Gasteiger partial charge in [0.25, 0.3) is 11.5 Å². The van der Waals surface area contributed by atoms with Crippen LogP contribution in [0.5, 0.6) is 0 Å². The van der Waals surface area contributed by atoms with E-state index >= 15 is 0 Å². The number of benzene rings is 2. The van der Waals surface area contributed by atoms with Gasteiger partial charge in [0.05, 0.1) is 18.8 Å². The number of aromatic nitrogens is 2. The monoisotopic (exact) mass is 524 g/mol. The normalized spacial score (nSPS) is 12.1. The Morgan fingerprint density at radius 1 is 1.00 bits per heavy atom. The number of hydrogen-bond donors (Lipinski definition) is 2. The molecule has 39 heavy (non-hydrogen) atoms. The number of aryl methyl sites for hydroxylation is 2. The number of aliphatic hydroxyl groups excluding tert-OH is 1. The number of anilines is 3. The molecule has 4 aromatic rings. The van der Waals surface area contributed by atoms with Crippen molar-refractivity contribution in [1.29, 1.82) is 0 Å². The summed E-state index contributed by atoms with van der Waals surface area (Å²) < 4.78 is 1.50. The third-order valence-corrected chi connectivity index (χ3v) is 6.81. The summed E-state index contributed by atoms with van der Waals surface area (Å²) in [5, 5.41) is 13.6. The third kappa shape index (κ3) is 5.78. The largest absolute Gasteiger partial charge is 0.392 e. The van der Waals surface area contributed by atoms with Crippen molar-refractivity contribution in [2.75, 3.05) is 10.2 Å². The summed E-state index contributed by atoms with van der Waals surface area (Å²) in [5.74, 6) is 0.494. The molecule has 0 unspecified atom stereocenters. The summed E-state index contributed by atoms with van der Waals surface area (Å²) >= 11 is 0. The highest BCUT2D eigenvalue weighted by molar-refractivity contribution is 6.10. The molecule has 2 aromatic heterocycles. The van der Waals surface area contributed by atoms with Crippen LogP contribution in [0.1, 0.15) is 60.7 Å². The number of carbonyl (C=O) groups is 1. The number of unbranched alkanes of at least 4 members (excludes halogenated alkanes) is 1. The molecule has 0 radical (unpaired) electrons. The third-order valence-electron chi connectivity index (χ3n) is 6.81. The molecule has 0 aliphatic carbocycles. The summed E-state index contributed by atoms with van der Waals surface area (Å²) in [6, 6.07) is 18.9. The molecule has 7 nitrogen and oxygen atoms in total.